The van der Waals surface area contributed by atoms with Gasteiger partial charge in [-0.3, -0.25) is 0 Å². The SMILES string of the molecule is N#CSCSc1nsnc1-c1ccc(Br)cc1. The summed E-state index contributed by atoms with van der Waals surface area (Å²) in [5.41, 5.74) is 1.94. The van der Waals surface area contributed by atoms with Crippen LogP contribution in [-0.2, 0) is 0 Å². The van der Waals surface area contributed by atoms with E-state index in [0.717, 1.165) is 20.8 Å². The Morgan fingerprint density at radius 3 is 2.76 bits per heavy atom. The summed E-state index contributed by atoms with van der Waals surface area (Å²) in [7, 11) is 0. The smallest absolute Gasteiger partial charge is 0.139 e. The van der Waals surface area contributed by atoms with Crippen LogP contribution in [0.2, 0.25) is 0 Å². The van der Waals surface area contributed by atoms with Crippen LogP contribution >= 0.6 is 51.2 Å². The molecule has 0 aliphatic carbocycles. The van der Waals surface area contributed by atoms with E-state index >= 15 is 0 Å². The van der Waals surface area contributed by atoms with Gasteiger partial charge in [-0.25, -0.2) is 0 Å². The van der Waals surface area contributed by atoms with Crippen LogP contribution in [-0.4, -0.2) is 13.8 Å². The van der Waals surface area contributed by atoms with E-state index in [1.807, 2.05) is 29.7 Å². The molecule has 0 N–H and O–H groups in total. The van der Waals surface area contributed by atoms with Gasteiger partial charge in [-0.15, -0.1) is 0 Å². The van der Waals surface area contributed by atoms with E-state index in [-0.39, 0.29) is 0 Å². The average molecular weight is 344 g/mol. The third-order valence-electron chi connectivity index (χ3n) is 1.90. The van der Waals surface area contributed by atoms with E-state index in [4.69, 9.17) is 5.26 Å². The summed E-state index contributed by atoms with van der Waals surface area (Å²) < 4.78 is 9.58. The second-order valence-corrected chi connectivity index (χ2v) is 6.46. The van der Waals surface area contributed by atoms with Gasteiger partial charge in [0.2, 0.25) is 0 Å². The number of rotatable bonds is 4. The third kappa shape index (κ3) is 3.45. The van der Waals surface area contributed by atoms with E-state index in [2.05, 4.69) is 24.7 Å². The molecule has 86 valence electrons. The summed E-state index contributed by atoms with van der Waals surface area (Å²) in [6.07, 6.45) is 0. The van der Waals surface area contributed by atoms with E-state index in [0.29, 0.717) is 5.08 Å². The van der Waals surface area contributed by atoms with Crippen molar-refractivity contribution in [2.75, 3.05) is 5.08 Å². The van der Waals surface area contributed by atoms with Gasteiger partial charge in [-0.2, -0.15) is 14.0 Å². The number of benzene rings is 1. The molecule has 0 spiro atoms. The molecule has 2 rings (SSSR count). The average Bonchev–Trinajstić information content (AvgIpc) is 2.79. The highest BCUT2D eigenvalue weighted by Crippen LogP contribution is 2.31. The van der Waals surface area contributed by atoms with Gasteiger partial charge in [0.1, 0.15) is 16.1 Å². The van der Waals surface area contributed by atoms with Gasteiger partial charge in [0.15, 0.2) is 0 Å². The molecule has 0 amide bonds. The molecule has 0 bridgehead atoms. The van der Waals surface area contributed by atoms with Gasteiger partial charge in [-0.05, 0) is 23.9 Å². The molecular weight excluding hydrogens is 338 g/mol. The first-order chi connectivity index (χ1) is 8.31. The lowest BCUT2D eigenvalue weighted by Gasteiger charge is -1.99. The normalized spacial score (nSPS) is 10.1. The van der Waals surface area contributed by atoms with Crippen LogP contribution in [0.4, 0.5) is 0 Å². The number of thioether (sulfide) groups is 2. The fraction of sp³-hybridized carbons (Fsp3) is 0.100. The van der Waals surface area contributed by atoms with Crippen molar-refractivity contribution in [3.63, 3.8) is 0 Å². The number of nitriles is 1. The molecule has 0 saturated carbocycles. The molecule has 1 aromatic carbocycles. The highest BCUT2D eigenvalue weighted by Gasteiger charge is 2.10. The predicted octanol–water partition coefficient (Wildman–Crippen LogP) is 4.23. The lowest BCUT2D eigenvalue weighted by molar-refractivity contribution is 1.27. The zero-order valence-corrected chi connectivity index (χ0v) is 12.5. The quantitative estimate of drug-likeness (QED) is 0.359. The first-order valence-electron chi connectivity index (χ1n) is 4.53. The number of thiocyanates is 1. The minimum Gasteiger partial charge on any atom is -0.185 e. The summed E-state index contributed by atoms with van der Waals surface area (Å²) in [6.45, 7) is 0. The predicted molar refractivity (Wildman–Crippen MR) is 77.0 cm³/mol. The van der Waals surface area contributed by atoms with Crippen molar-refractivity contribution >= 4 is 51.2 Å². The molecule has 0 saturated heterocycles. The molecule has 17 heavy (non-hydrogen) atoms. The van der Waals surface area contributed by atoms with Crippen LogP contribution in [0.5, 0.6) is 0 Å². The Morgan fingerprint density at radius 1 is 1.29 bits per heavy atom. The first kappa shape index (κ1) is 12.9. The summed E-state index contributed by atoms with van der Waals surface area (Å²) >= 11 is 7.35. The summed E-state index contributed by atoms with van der Waals surface area (Å²) in [6, 6.07) is 7.96. The zero-order chi connectivity index (χ0) is 12.1. The van der Waals surface area contributed by atoms with Gasteiger partial charge < -0.3 is 0 Å². The van der Waals surface area contributed by atoms with Crippen molar-refractivity contribution in [3.05, 3.63) is 28.7 Å². The Labute approximate surface area is 120 Å². The highest BCUT2D eigenvalue weighted by molar-refractivity contribution is 9.10. The molecule has 0 fully saturated rings. The maximum absolute atomic E-state index is 8.47. The lowest BCUT2D eigenvalue weighted by Crippen LogP contribution is -1.81. The van der Waals surface area contributed by atoms with Gasteiger partial charge in [0, 0.05) is 10.0 Å². The Kier molecular flexibility index (Phi) is 4.86. The van der Waals surface area contributed by atoms with Crippen molar-refractivity contribution in [1.29, 1.82) is 5.26 Å². The molecule has 3 nitrogen and oxygen atoms in total. The van der Waals surface area contributed by atoms with Gasteiger partial charge in [0.05, 0.1) is 16.8 Å². The largest absolute Gasteiger partial charge is 0.185 e. The Balaban J connectivity index is 2.19. The van der Waals surface area contributed by atoms with E-state index in [1.165, 1.54) is 23.5 Å². The molecule has 0 unspecified atom stereocenters. The van der Waals surface area contributed by atoms with E-state index < -0.39 is 0 Å². The van der Waals surface area contributed by atoms with Crippen LogP contribution in [0.15, 0.2) is 33.8 Å². The standard InChI is InChI=1S/C10H6BrN3S3/c11-8-3-1-7(2-4-8)9-10(14-17-13-9)16-6-15-5-12/h1-4H,6H2. The lowest BCUT2D eigenvalue weighted by atomic mass is 10.2. The first-order valence-corrected chi connectivity index (χ1v) is 8.03. The Morgan fingerprint density at radius 2 is 2.06 bits per heavy atom. The highest BCUT2D eigenvalue weighted by atomic mass is 79.9. The minimum absolute atomic E-state index is 0.672. The van der Waals surface area contributed by atoms with Crippen molar-refractivity contribution in [2.45, 2.75) is 5.03 Å². The maximum atomic E-state index is 8.47. The number of hydrogen-bond donors (Lipinski definition) is 0. The van der Waals surface area contributed by atoms with Crippen molar-refractivity contribution in [3.8, 4) is 16.7 Å². The van der Waals surface area contributed by atoms with Crippen LogP contribution in [0.25, 0.3) is 11.3 Å². The molecule has 0 radical (unpaired) electrons. The Hall–Kier alpha value is -0.550. The van der Waals surface area contributed by atoms with Crippen LogP contribution < -0.4 is 0 Å². The number of nitrogens with zero attached hydrogens (tertiary/aromatic N) is 3. The molecule has 0 atom stereocenters. The van der Waals surface area contributed by atoms with Crippen LogP contribution in [0.1, 0.15) is 0 Å². The van der Waals surface area contributed by atoms with Crippen LogP contribution in [0, 0.1) is 10.7 Å². The molecular formula is C10H6BrN3S3. The third-order valence-corrected chi connectivity index (χ3v) is 4.70. The second kappa shape index (κ2) is 6.40. The number of aromatic nitrogens is 2. The number of halogens is 1. The topological polar surface area (TPSA) is 49.6 Å². The van der Waals surface area contributed by atoms with E-state index in [1.54, 1.807) is 11.8 Å². The second-order valence-electron chi connectivity index (χ2n) is 2.92. The monoisotopic (exact) mass is 343 g/mol. The molecule has 7 heteroatoms. The van der Waals surface area contributed by atoms with E-state index in [9.17, 15) is 0 Å². The maximum Gasteiger partial charge on any atom is 0.139 e. The molecule has 1 aromatic heterocycles. The van der Waals surface area contributed by atoms with Gasteiger partial charge in [0.25, 0.3) is 0 Å². The molecule has 2 aromatic rings. The summed E-state index contributed by atoms with van der Waals surface area (Å²) in [5, 5.41) is 12.1. The fourth-order valence-corrected chi connectivity index (χ4v) is 3.47. The van der Waals surface area contributed by atoms with Crippen molar-refractivity contribution < 1.29 is 0 Å². The van der Waals surface area contributed by atoms with Gasteiger partial charge >= 0.3 is 0 Å². The molecule has 1 heterocycles. The van der Waals surface area contributed by atoms with Crippen molar-refractivity contribution in [2.24, 2.45) is 0 Å². The summed E-state index contributed by atoms with van der Waals surface area (Å²) in [4.78, 5) is 0. The van der Waals surface area contributed by atoms with Gasteiger partial charge in [-0.1, -0.05) is 39.8 Å². The zero-order valence-electron chi connectivity index (χ0n) is 8.46. The number of hydrogen-bond acceptors (Lipinski definition) is 6. The van der Waals surface area contributed by atoms with Crippen molar-refractivity contribution in [1.82, 2.24) is 8.75 Å². The van der Waals surface area contributed by atoms with Crippen LogP contribution in [0.3, 0.4) is 0 Å². The molecule has 0 aliphatic rings. The summed E-state index contributed by atoms with van der Waals surface area (Å²) in [5.74, 6) is 0. The molecule has 0 aliphatic heterocycles. The fourth-order valence-electron chi connectivity index (χ4n) is 1.17. The Bertz CT molecular complexity index is 532. The minimum atomic E-state index is 0.672.